The molecule has 2 N–H and O–H groups in total. The Morgan fingerprint density at radius 1 is 1.27 bits per heavy atom. The minimum atomic E-state index is -1.89. The highest BCUT2D eigenvalue weighted by Gasteiger charge is 2.45. The molecule has 2 aliphatic rings. The molecular formula is C24H24FN3O5. The van der Waals surface area contributed by atoms with Crippen LogP contribution in [0.3, 0.4) is 0 Å². The van der Waals surface area contributed by atoms with Crippen LogP contribution in [0.25, 0.3) is 22.3 Å². The molecule has 0 spiro atoms. The van der Waals surface area contributed by atoms with Crippen LogP contribution >= 0.6 is 0 Å². The number of benzene rings is 1. The molecule has 0 fully saturated rings. The Balaban J connectivity index is 1.81. The van der Waals surface area contributed by atoms with Crippen molar-refractivity contribution in [3.8, 4) is 17.1 Å². The van der Waals surface area contributed by atoms with Gasteiger partial charge in [-0.25, -0.2) is 14.2 Å². The Morgan fingerprint density at radius 2 is 2.06 bits per heavy atom. The number of halogens is 1. The van der Waals surface area contributed by atoms with Gasteiger partial charge in [0.05, 0.1) is 36.1 Å². The van der Waals surface area contributed by atoms with Gasteiger partial charge >= 0.3 is 5.97 Å². The first-order valence-corrected chi connectivity index (χ1v) is 10.9. The molecule has 2 aliphatic heterocycles. The number of pyridine rings is 2. The number of nitrogens with one attached hydrogen (secondary N) is 1. The molecule has 4 heterocycles. The molecule has 0 unspecified atom stereocenters. The highest BCUT2D eigenvalue weighted by molar-refractivity contribution is 5.90. The number of hydrogen-bond donors (Lipinski definition) is 2. The molecular weight excluding hydrogens is 429 g/mol. The van der Waals surface area contributed by atoms with Crippen LogP contribution in [0.2, 0.25) is 0 Å². The fourth-order valence-electron chi connectivity index (χ4n) is 4.77. The number of nitrogens with zero attached hydrogens (tertiary/aromatic N) is 2. The third-order valence-corrected chi connectivity index (χ3v) is 6.63. The molecule has 3 aromatic rings. The first-order chi connectivity index (χ1) is 15.8. The summed E-state index contributed by atoms with van der Waals surface area (Å²) in [6.45, 7) is 4.95. The van der Waals surface area contributed by atoms with Crippen molar-refractivity contribution in [1.29, 1.82) is 0 Å². The number of cyclic esters (lactones) is 1. The number of ether oxygens (including phenoxy) is 2. The topological polar surface area (TPSA) is 103 Å². The van der Waals surface area contributed by atoms with Gasteiger partial charge in [-0.3, -0.25) is 4.79 Å². The second-order valence-electron chi connectivity index (χ2n) is 8.30. The monoisotopic (exact) mass is 453 g/mol. The van der Waals surface area contributed by atoms with Gasteiger partial charge < -0.3 is 24.5 Å². The molecule has 0 saturated heterocycles. The first-order valence-electron chi connectivity index (χ1n) is 10.9. The highest BCUT2D eigenvalue weighted by Crippen LogP contribution is 2.40. The number of aliphatic hydroxyl groups is 1. The van der Waals surface area contributed by atoms with Crippen LogP contribution < -0.4 is 15.6 Å². The molecule has 0 aliphatic carbocycles. The van der Waals surface area contributed by atoms with Gasteiger partial charge in [-0.1, -0.05) is 13.8 Å². The van der Waals surface area contributed by atoms with Crippen molar-refractivity contribution in [2.45, 2.75) is 45.6 Å². The Kier molecular flexibility index (Phi) is 4.98. The largest absolute Gasteiger partial charge is 0.494 e. The maximum absolute atomic E-state index is 14.5. The van der Waals surface area contributed by atoms with E-state index in [9.17, 15) is 19.1 Å². The van der Waals surface area contributed by atoms with Gasteiger partial charge in [0.25, 0.3) is 5.56 Å². The van der Waals surface area contributed by atoms with Crippen LogP contribution in [-0.2, 0) is 34.8 Å². The quantitative estimate of drug-likeness (QED) is 0.447. The predicted octanol–water partition coefficient (Wildman–Crippen LogP) is 2.34. The number of fused-ring (bicyclic) bond motifs is 5. The van der Waals surface area contributed by atoms with Crippen LogP contribution in [0, 0.1) is 5.82 Å². The van der Waals surface area contributed by atoms with E-state index in [0.717, 1.165) is 23.1 Å². The highest BCUT2D eigenvalue weighted by atomic mass is 19.1. The summed E-state index contributed by atoms with van der Waals surface area (Å²) in [5.41, 5.74) is 1.49. The average Bonchev–Trinajstić information content (AvgIpc) is 3.18. The van der Waals surface area contributed by atoms with Crippen LogP contribution in [0.15, 0.2) is 23.0 Å². The predicted molar refractivity (Wildman–Crippen MR) is 118 cm³/mol. The van der Waals surface area contributed by atoms with Gasteiger partial charge in [0.1, 0.15) is 6.61 Å². The number of esters is 1. The third kappa shape index (κ3) is 2.99. The lowest BCUT2D eigenvalue weighted by Crippen LogP contribution is -2.44. The fourth-order valence-corrected chi connectivity index (χ4v) is 4.77. The van der Waals surface area contributed by atoms with Gasteiger partial charge in [-0.15, -0.1) is 0 Å². The lowest BCUT2D eigenvalue weighted by Gasteiger charge is -2.31. The molecule has 1 aromatic carbocycles. The van der Waals surface area contributed by atoms with E-state index in [4.69, 9.17) is 14.5 Å². The zero-order valence-corrected chi connectivity index (χ0v) is 18.6. The van der Waals surface area contributed by atoms with E-state index >= 15 is 0 Å². The van der Waals surface area contributed by atoms with Crippen LogP contribution in [0.1, 0.15) is 42.5 Å². The zero-order chi connectivity index (χ0) is 23.5. The molecule has 1 atom stereocenters. The Morgan fingerprint density at radius 3 is 2.76 bits per heavy atom. The summed E-state index contributed by atoms with van der Waals surface area (Å²) in [6, 6.07) is 4.61. The molecule has 172 valence electrons. The Labute approximate surface area is 189 Å². The van der Waals surface area contributed by atoms with Crippen LogP contribution in [0.5, 0.6) is 5.75 Å². The van der Waals surface area contributed by atoms with Crippen molar-refractivity contribution >= 4 is 16.9 Å². The molecule has 0 radical (unpaired) electrons. The fraction of sp³-hybridized carbons (Fsp3) is 0.375. The molecule has 0 bridgehead atoms. The smallest absolute Gasteiger partial charge is 0.343 e. The summed E-state index contributed by atoms with van der Waals surface area (Å²) >= 11 is 0. The van der Waals surface area contributed by atoms with Crippen molar-refractivity contribution in [1.82, 2.24) is 14.9 Å². The Hall–Kier alpha value is -3.30. The minimum Gasteiger partial charge on any atom is -0.494 e. The third-order valence-electron chi connectivity index (χ3n) is 6.63. The van der Waals surface area contributed by atoms with E-state index in [0.29, 0.717) is 23.4 Å². The summed E-state index contributed by atoms with van der Waals surface area (Å²) in [6.07, 6.45) is 0.0659. The lowest BCUT2D eigenvalue weighted by atomic mass is 9.86. The summed E-state index contributed by atoms with van der Waals surface area (Å²) in [4.78, 5) is 30.5. The van der Waals surface area contributed by atoms with Crippen molar-refractivity contribution < 1.29 is 23.8 Å². The zero-order valence-electron chi connectivity index (χ0n) is 18.6. The van der Waals surface area contributed by atoms with Gasteiger partial charge in [-0.2, -0.15) is 0 Å². The molecule has 8 nitrogen and oxygen atoms in total. The van der Waals surface area contributed by atoms with Gasteiger partial charge in [-0.05, 0) is 30.7 Å². The number of carbonyl (C=O) groups excluding carboxylic acids is 1. The molecule has 2 aromatic heterocycles. The number of hydrogen-bond acceptors (Lipinski definition) is 7. The van der Waals surface area contributed by atoms with Crippen molar-refractivity contribution in [3.05, 3.63) is 56.6 Å². The average molecular weight is 453 g/mol. The van der Waals surface area contributed by atoms with E-state index in [-0.39, 0.29) is 42.0 Å². The summed E-state index contributed by atoms with van der Waals surface area (Å²) in [5.74, 6) is -1.18. The maximum atomic E-state index is 14.5. The second kappa shape index (κ2) is 7.64. The molecule has 0 saturated carbocycles. The molecule has 9 heteroatoms. The van der Waals surface area contributed by atoms with Crippen LogP contribution in [-0.4, -0.2) is 34.3 Å². The number of carbonyl (C=O) groups is 1. The minimum absolute atomic E-state index is 0.0659. The Bertz CT molecular complexity index is 1380. The van der Waals surface area contributed by atoms with Gasteiger partial charge in [0.2, 0.25) is 0 Å². The van der Waals surface area contributed by atoms with E-state index < -0.39 is 17.4 Å². The van der Waals surface area contributed by atoms with E-state index in [1.54, 1.807) is 23.6 Å². The lowest BCUT2D eigenvalue weighted by molar-refractivity contribution is -0.172. The normalized spacial score (nSPS) is 18.6. The van der Waals surface area contributed by atoms with E-state index in [1.807, 2.05) is 6.92 Å². The van der Waals surface area contributed by atoms with Crippen LogP contribution in [0.4, 0.5) is 4.39 Å². The summed E-state index contributed by atoms with van der Waals surface area (Å²) < 4.78 is 26.4. The first kappa shape index (κ1) is 21.5. The summed E-state index contributed by atoms with van der Waals surface area (Å²) in [7, 11) is 1.41. The van der Waals surface area contributed by atoms with E-state index in [2.05, 4.69) is 5.32 Å². The number of methoxy groups -OCH3 is 1. The molecule has 0 amide bonds. The molecule has 33 heavy (non-hydrogen) atoms. The second-order valence-corrected chi connectivity index (χ2v) is 8.30. The van der Waals surface area contributed by atoms with Gasteiger partial charge in [0.15, 0.2) is 17.2 Å². The number of aromatic nitrogens is 2. The standard InChI is InChI=1S/C24H24FN3O5/c1-4-24(31)16-7-19-21-14(10-28(19)22(29)15(16)11-33-23(24)30)13(9-26-5-2)12-6-20(32-3)17(25)8-18(12)27-21/h6-8,26,31H,4-5,9-11H2,1-3H3/t24-/m0/s1. The summed E-state index contributed by atoms with van der Waals surface area (Å²) in [5, 5.41) is 15.1. The van der Waals surface area contributed by atoms with E-state index in [1.165, 1.54) is 13.2 Å². The molecule has 5 rings (SSSR count). The SMILES string of the molecule is CCNCc1c2c(nc3cc(F)c(OC)cc13)-c1cc3c(c(=O)n1C2)COC(=O)[C@]3(O)CC. The van der Waals surface area contributed by atoms with Crippen molar-refractivity contribution in [3.63, 3.8) is 0 Å². The van der Waals surface area contributed by atoms with Crippen molar-refractivity contribution in [2.75, 3.05) is 13.7 Å². The number of rotatable bonds is 5. The van der Waals surface area contributed by atoms with Crippen molar-refractivity contribution in [2.24, 2.45) is 0 Å². The maximum Gasteiger partial charge on any atom is 0.343 e. The van der Waals surface area contributed by atoms with Gasteiger partial charge in [0, 0.05) is 29.1 Å².